The highest BCUT2D eigenvalue weighted by Gasteiger charge is 2.40. The highest BCUT2D eigenvalue weighted by molar-refractivity contribution is 6.81. The number of aryl methyl sites for hydroxylation is 1. The summed E-state index contributed by atoms with van der Waals surface area (Å²) in [7, 11) is -2.02. The number of hydrogen-bond donors (Lipinski definition) is 0. The number of fused-ring (bicyclic) bond motifs is 3. The van der Waals surface area contributed by atoms with E-state index in [9.17, 15) is 28.8 Å². The van der Waals surface area contributed by atoms with Crippen molar-refractivity contribution >= 4 is 51.8 Å². The summed E-state index contributed by atoms with van der Waals surface area (Å²) in [6.45, 7) is 108. The van der Waals surface area contributed by atoms with E-state index in [2.05, 4.69) is 384 Å². The molecule has 11 nitrogen and oxygen atoms in total. The van der Waals surface area contributed by atoms with Crippen molar-refractivity contribution in [3.63, 3.8) is 0 Å². The number of allylic oxidation sites excluding steroid dienone is 1. The van der Waals surface area contributed by atoms with Crippen LogP contribution in [0.5, 0.6) is 0 Å². The summed E-state index contributed by atoms with van der Waals surface area (Å²) in [4.78, 5) is 65.7. The normalized spacial score (nSPS) is 11.4. The average molecular weight is 2030 g/mol. The Morgan fingerprint density at radius 1 is 0.372 bits per heavy atom. The molecule has 145 heavy (non-hydrogen) atoms. The zero-order chi connectivity index (χ0) is 113. The first kappa shape index (κ1) is 144. The van der Waals surface area contributed by atoms with Gasteiger partial charge in [0.1, 0.15) is 24.6 Å². The van der Waals surface area contributed by atoms with E-state index in [1.807, 2.05) is 163 Å². The second-order valence-electron chi connectivity index (χ2n) is 48.5. The molecule has 0 heterocycles. The molecule has 816 valence electrons. The molecule has 1 aliphatic carbocycles. The first-order valence-corrected chi connectivity index (χ1v) is 60.7. The first-order valence-electron chi connectivity index (χ1n) is 53.9. The molecule has 0 saturated heterocycles. The lowest BCUT2D eigenvalue weighted by Crippen LogP contribution is -2.39. The fraction of sp³-hybridized carbons (Fsp3) is 0.561. The van der Waals surface area contributed by atoms with Crippen molar-refractivity contribution in [2.45, 2.75) is 390 Å². The maximum atomic E-state index is 11.9. The predicted molar refractivity (Wildman–Crippen MR) is 637 cm³/mol. The van der Waals surface area contributed by atoms with E-state index < -0.39 is 16.1 Å². The van der Waals surface area contributed by atoms with Gasteiger partial charge in [-0.05, 0) is 156 Å². The van der Waals surface area contributed by atoms with Crippen molar-refractivity contribution in [2.24, 2.45) is 81.8 Å². The van der Waals surface area contributed by atoms with Gasteiger partial charge in [-0.3, -0.25) is 28.8 Å². The summed E-state index contributed by atoms with van der Waals surface area (Å²) in [5.74, 6) is 4.05. The van der Waals surface area contributed by atoms with Crippen LogP contribution in [0.3, 0.4) is 0 Å². The lowest BCUT2D eigenvalue weighted by Gasteiger charge is -2.40. The second-order valence-corrected chi connectivity index (χ2v) is 60.2. The Balaban J connectivity index is -0.000000497. The van der Waals surface area contributed by atoms with Crippen LogP contribution in [-0.4, -0.2) is 70.6 Å². The number of benzene rings is 8. The molecular formula is C132H214O11Si2. The lowest BCUT2D eigenvalue weighted by molar-refractivity contribution is -0.158. The van der Waals surface area contributed by atoms with Crippen LogP contribution in [0.2, 0.25) is 49.4 Å². The molecular weight excluding hydrogens is 1820 g/mol. The summed E-state index contributed by atoms with van der Waals surface area (Å²) in [5, 5.41) is 0.557. The van der Waals surface area contributed by atoms with Crippen LogP contribution in [0.15, 0.2) is 250 Å². The van der Waals surface area contributed by atoms with Gasteiger partial charge in [0.05, 0.1) is 44.3 Å². The summed E-state index contributed by atoms with van der Waals surface area (Å²) in [6.07, 6.45) is 8.05. The number of Topliss-reactive ketones (excluding diaryl/α,β-unsaturated/α-hetero) is 1. The third kappa shape index (κ3) is 71.1. The van der Waals surface area contributed by atoms with Gasteiger partial charge in [0, 0.05) is 30.5 Å². The van der Waals surface area contributed by atoms with Gasteiger partial charge in [-0.15, -0.1) is 6.58 Å². The Hall–Kier alpha value is -9.31. The number of ketones is 1. The molecule has 1 aliphatic rings. The van der Waals surface area contributed by atoms with Crippen molar-refractivity contribution < 1.29 is 52.5 Å². The topological polar surface area (TPSA) is 149 Å². The van der Waals surface area contributed by atoms with Crippen molar-refractivity contribution in [3.8, 4) is 11.1 Å². The second kappa shape index (κ2) is 76.2. The molecule has 0 amide bonds. The van der Waals surface area contributed by atoms with E-state index in [0.29, 0.717) is 41.6 Å². The van der Waals surface area contributed by atoms with Gasteiger partial charge >= 0.3 is 29.8 Å². The summed E-state index contributed by atoms with van der Waals surface area (Å²) < 4.78 is 25.6. The van der Waals surface area contributed by atoms with Crippen molar-refractivity contribution in [1.82, 2.24) is 0 Å². The number of ether oxygens (including phenoxy) is 5. The highest BCUT2D eigenvalue weighted by Crippen LogP contribution is 2.47. The molecule has 0 saturated carbocycles. The number of carbonyl (C=O) groups excluding carboxylic acids is 6. The minimum atomic E-state index is -1.04. The number of hydrogen-bond acceptors (Lipinski definition) is 11. The molecule has 8 aromatic carbocycles. The van der Waals surface area contributed by atoms with Crippen LogP contribution in [-0.2, 0) is 77.3 Å². The van der Waals surface area contributed by atoms with Gasteiger partial charge < -0.3 is 23.7 Å². The van der Waals surface area contributed by atoms with Gasteiger partial charge in [0.25, 0.3) is 0 Å². The molecule has 0 bridgehead atoms. The molecule has 0 aromatic heterocycles. The minimum Gasteiger partial charge on any atom is -0.466 e. The smallest absolute Gasteiger partial charge is 0.309 e. The van der Waals surface area contributed by atoms with Crippen LogP contribution in [0.4, 0.5) is 0 Å². The average Bonchev–Trinajstić information content (AvgIpc) is 1.65. The maximum absolute atomic E-state index is 11.9. The van der Waals surface area contributed by atoms with E-state index in [1.165, 1.54) is 63.8 Å². The Bertz CT molecular complexity index is 4510. The van der Waals surface area contributed by atoms with E-state index in [1.54, 1.807) is 26.8 Å². The molecule has 0 fully saturated rings. The molecule has 13 heteroatoms. The van der Waals surface area contributed by atoms with Crippen molar-refractivity contribution in [2.75, 3.05) is 13.2 Å². The molecule has 8 aromatic rings. The maximum Gasteiger partial charge on any atom is 0.309 e. The van der Waals surface area contributed by atoms with E-state index in [0.717, 1.165) is 64.3 Å². The largest absolute Gasteiger partial charge is 0.466 e. The zero-order valence-corrected chi connectivity index (χ0v) is 103. The van der Waals surface area contributed by atoms with E-state index in [-0.39, 0.29) is 88.3 Å². The van der Waals surface area contributed by atoms with Crippen LogP contribution in [0, 0.1) is 88.8 Å². The van der Waals surface area contributed by atoms with Gasteiger partial charge in [0.2, 0.25) is 0 Å². The lowest BCUT2D eigenvalue weighted by atomic mass is 9.63. The molecule has 0 aliphatic heterocycles. The monoisotopic (exact) mass is 2030 g/mol. The highest BCUT2D eigenvalue weighted by atomic mass is 28.3. The van der Waals surface area contributed by atoms with Crippen LogP contribution in [0.1, 0.15) is 353 Å². The Morgan fingerprint density at radius 3 is 0.917 bits per heavy atom. The summed E-state index contributed by atoms with van der Waals surface area (Å²) in [6, 6.07) is 79.0. The summed E-state index contributed by atoms with van der Waals surface area (Å²) in [5.41, 5.74) is 15.2. The third-order valence-corrected chi connectivity index (χ3v) is 32.2. The van der Waals surface area contributed by atoms with Gasteiger partial charge in [-0.25, -0.2) is 0 Å². The summed E-state index contributed by atoms with van der Waals surface area (Å²) >= 11 is 0. The molecule has 0 atom stereocenters. The van der Waals surface area contributed by atoms with Crippen molar-refractivity contribution in [1.29, 1.82) is 0 Å². The van der Waals surface area contributed by atoms with Crippen molar-refractivity contribution in [3.05, 3.63) is 300 Å². The fourth-order valence-corrected chi connectivity index (χ4v) is 14.4. The Kier molecular flexibility index (Phi) is 75.8. The molecule has 0 radical (unpaired) electrons. The standard InChI is InChI=1S/C22H22.C17H16O2.C11H14O2.C11H16.C10H14.C9H20O2Si.C9H22Si.C8H16O2.C7H12O2.C7H16.C7H14.C5H10O.C5H12.C4H10/c1-18(2)22(19-12-6-3-7-13-19,20-14-8-4-9-15-20)21-16-10-5-11-17-21;1-11(2)17(18)19-16-14-9-5-3-7-12(14)13-8-4-6-10-15(13)16;1-9(2)11(12)13-8-10-6-4-3-5-7-10;1-9(2)8-11-6-4-10(3)5-7-11;1-9(2)8-10-6-4-3-5-7-10;1-8(2)9(10)11-6-7-12(3,4)5;1-8(2)10(6,7)9(3,4)5;1-6(2)7(9)10-8(3,4)5;1-4-5-9-7(8)6(2)3;1-6(2)7(3,4)5;1-5-6-7(2,3)4;1-4(2)5(3)6;1-4-5(2)3;1-4(2)3/h3-18H,1-2H3;3-11,16H,1-2H3;3-7,9H,8H2,1-2H3;4-7,9H,8H2,1-3H3;3-7,9H,8H2,1-2H3;8H,6-7H2,1-5H3;8H,1-7H3;6H,1-5H3;4,6H,1,5H2,2-3H3;6H,1-5H3;5H,1,6H2,2-4H3;4H,1-3H3;5H,4H2,1-3H3;4H,1-3H3. The van der Waals surface area contributed by atoms with Gasteiger partial charge in [0.15, 0.2) is 6.10 Å². The number of esters is 5. The predicted octanol–water partition coefficient (Wildman–Crippen LogP) is 38.1. The molecule has 0 N–H and O–H groups in total. The molecule has 0 spiro atoms. The van der Waals surface area contributed by atoms with Crippen LogP contribution in [0.25, 0.3) is 11.1 Å². The number of carbonyl (C=O) groups is 6. The minimum absolute atomic E-state index is 0.00614. The van der Waals surface area contributed by atoms with Gasteiger partial charge in [-0.2, -0.15) is 0 Å². The van der Waals surface area contributed by atoms with E-state index in [4.69, 9.17) is 23.7 Å². The zero-order valence-electron chi connectivity index (χ0n) is 101. The fourth-order valence-electron chi connectivity index (χ4n) is 11.9. The Labute approximate surface area is 893 Å². The Morgan fingerprint density at radius 2 is 0.676 bits per heavy atom. The third-order valence-electron chi connectivity index (χ3n) is 23.7. The first-order chi connectivity index (χ1) is 66.8. The van der Waals surface area contributed by atoms with Gasteiger partial charge in [-0.1, -0.05) is 550 Å². The number of rotatable bonds is 25. The van der Waals surface area contributed by atoms with Crippen LogP contribution < -0.4 is 0 Å². The SMILES string of the molecule is C=CCC(C)(C)C.C=CCOC(=O)C(C)C.CC(=O)C(C)C.CC(C)C.CC(C)C(=O)OC(C)(C)C.CC(C)C(=O)OC1c2ccccc2-c2ccccc21.CC(C)C(=O)OCC[Si](C)(C)C.CC(C)C(=O)OCc1ccccc1.CC(C)C(C)(C)C.CC(C)C(c1ccccc1)(c1ccccc1)c1ccccc1.CC(C)Cc1ccccc1.CC(C)[Si](C)(C)C(C)(C)C.CCC(C)C.Cc1ccc(CC(C)C)cc1. The van der Waals surface area contributed by atoms with E-state index >= 15 is 0 Å². The molecule has 9 rings (SSSR count). The van der Waals surface area contributed by atoms with Crippen LogP contribution >= 0.6 is 0 Å². The molecule has 0 unspecified atom stereocenters. The quantitative estimate of drug-likeness (QED) is 0.0177.